The molecule has 8 heteroatoms. The molecule has 0 aliphatic carbocycles. The summed E-state index contributed by atoms with van der Waals surface area (Å²) in [6.07, 6.45) is 1.52. The fraction of sp³-hybridized carbons (Fsp3) is 0.160. The number of aryl methyl sites for hydroxylation is 2. The number of ketones is 1. The second-order valence-electron chi connectivity index (χ2n) is 7.68. The van der Waals surface area contributed by atoms with Gasteiger partial charge in [0.2, 0.25) is 0 Å². The maximum atomic E-state index is 13.8. The number of carbonyl (C=O) groups excluding carboxylic acids is 2. The maximum absolute atomic E-state index is 13.8. The summed E-state index contributed by atoms with van der Waals surface area (Å²) in [5.41, 5.74) is 2.28. The molecule has 1 unspecified atom stereocenters. The third-order valence-electron chi connectivity index (χ3n) is 5.47. The van der Waals surface area contributed by atoms with Gasteiger partial charge < -0.3 is 9.84 Å². The molecule has 1 amide bonds. The lowest BCUT2D eigenvalue weighted by Gasteiger charge is -2.25. The van der Waals surface area contributed by atoms with Crippen molar-refractivity contribution in [1.82, 2.24) is 4.98 Å². The molecule has 3 aromatic rings. The van der Waals surface area contributed by atoms with E-state index in [0.29, 0.717) is 11.4 Å². The summed E-state index contributed by atoms with van der Waals surface area (Å²) in [7, 11) is 1.46. The van der Waals surface area contributed by atoms with Gasteiger partial charge in [0.25, 0.3) is 11.7 Å². The van der Waals surface area contributed by atoms with Crippen molar-refractivity contribution in [3.8, 4) is 5.75 Å². The normalized spacial score (nSPS) is 17.5. The molecule has 1 aliphatic rings. The number of rotatable bonds is 4. The Bertz CT molecular complexity index is 1310. The van der Waals surface area contributed by atoms with Gasteiger partial charge in [0.1, 0.15) is 23.4 Å². The number of aromatic nitrogens is 1. The van der Waals surface area contributed by atoms with E-state index in [1.54, 1.807) is 24.3 Å². The molecule has 1 saturated heterocycles. The van der Waals surface area contributed by atoms with Crippen LogP contribution in [0.3, 0.4) is 0 Å². The van der Waals surface area contributed by atoms with Crippen LogP contribution in [0.15, 0.2) is 60.3 Å². The van der Waals surface area contributed by atoms with Crippen LogP contribution in [0.4, 0.5) is 10.1 Å². The number of carbonyl (C=O) groups is 2. The molecule has 0 radical (unpaired) electrons. The Labute approximate surface area is 194 Å². The Balaban J connectivity index is 2.00. The Morgan fingerprint density at radius 3 is 2.55 bits per heavy atom. The van der Waals surface area contributed by atoms with Gasteiger partial charge in [0.15, 0.2) is 0 Å². The van der Waals surface area contributed by atoms with E-state index in [1.807, 2.05) is 19.9 Å². The number of aliphatic hydroxyl groups excluding tert-OH is 1. The first kappa shape index (κ1) is 22.5. The highest BCUT2D eigenvalue weighted by Gasteiger charge is 2.48. The number of Topliss-reactive ketones (excluding diaryl/α,β-unsaturated/α-hetero) is 1. The minimum absolute atomic E-state index is 0.151. The van der Waals surface area contributed by atoms with Gasteiger partial charge in [-0.3, -0.25) is 19.5 Å². The fourth-order valence-electron chi connectivity index (χ4n) is 4.10. The van der Waals surface area contributed by atoms with E-state index in [-0.39, 0.29) is 27.6 Å². The third kappa shape index (κ3) is 3.85. The van der Waals surface area contributed by atoms with Crippen molar-refractivity contribution < 1.29 is 23.8 Å². The van der Waals surface area contributed by atoms with Crippen molar-refractivity contribution in [1.29, 1.82) is 0 Å². The van der Waals surface area contributed by atoms with E-state index in [9.17, 15) is 19.1 Å². The average molecular weight is 467 g/mol. The molecule has 2 heterocycles. The number of anilines is 1. The summed E-state index contributed by atoms with van der Waals surface area (Å²) in [5.74, 6) is -2.45. The van der Waals surface area contributed by atoms with E-state index in [2.05, 4.69) is 4.98 Å². The summed E-state index contributed by atoms with van der Waals surface area (Å²) in [4.78, 5) is 31.9. The number of halogens is 2. The third-order valence-corrected chi connectivity index (χ3v) is 5.76. The smallest absolute Gasteiger partial charge is 0.300 e. The molecule has 4 rings (SSSR count). The number of ether oxygens (including phenoxy) is 1. The highest BCUT2D eigenvalue weighted by atomic mass is 35.5. The summed E-state index contributed by atoms with van der Waals surface area (Å²) in [6.45, 7) is 3.66. The first-order valence-corrected chi connectivity index (χ1v) is 10.4. The number of amides is 1. The van der Waals surface area contributed by atoms with Gasteiger partial charge in [-0.15, -0.1) is 0 Å². The van der Waals surface area contributed by atoms with E-state index < -0.39 is 23.5 Å². The number of hydrogen-bond donors (Lipinski definition) is 1. The van der Waals surface area contributed by atoms with Gasteiger partial charge in [-0.1, -0.05) is 23.7 Å². The summed E-state index contributed by atoms with van der Waals surface area (Å²) in [5, 5.41) is 11.1. The van der Waals surface area contributed by atoms with Gasteiger partial charge in [0, 0.05) is 11.9 Å². The number of nitrogens with zero attached hydrogens (tertiary/aromatic N) is 2. The Morgan fingerprint density at radius 2 is 1.91 bits per heavy atom. The van der Waals surface area contributed by atoms with Crippen LogP contribution in [0.5, 0.6) is 5.75 Å². The van der Waals surface area contributed by atoms with E-state index >= 15 is 0 Å². The zero-order valence-electron chi connectivity index (χ0n) is 18.1. The molecule has 0 bridgehead atoms. The predicted molar refractivity (Wildman–Crippen MR) is 123 cm³/mol. The molecular weight excluding hydrogens is 447 g/mol. The SMILES string of the molecule is COc1c(C)cc(C)cc1/C(O)=C1\C(=O)C(=O)N(c2ccc(F)c(Cl)c2)C1c1ccccn1. The van der Waals surface area contributed by atoms with Crippen molar-refractivity contribution in [2.24, 2.45) is 0 Å². The number of pyridine rings is 1. The van der Waals surface area contributed by atoms with Crippen molar-refractivity contribution in [2.45, 2.75) is 19.9 Å². The first-order valence-electron chi connectivity index (χ1n) is 10.1. The fourth-order valence-corrected chi connectivity index (χ4v) is 4.27. The Kier molecular flexibility index (Phi) is 5.91. The standard InChI is InChI=1S/C25H20ClFN2O4/c1-13-10-14(2)24(33-3)16(11-13)22(30)20-21(19-6-4-5-9-28-19)29(25(32)23(20)31)15-7-8-18(27)17(26)12-15/h4-12,21,30H,1-3H3/b22-20+. The molecule has 1 N–H and O–H groups in total. The van der Waals surface area contributed by atoms with Gasteiger partial charge in [-0.05, 0) is 61.4 Å². The lowest BCUT2D eigenvalue weighted by molar-refractivity contribution is -0.132. The minimum Gasteiger partial charge on any atom is -0.507 e. The van der Waals surface area contributed by atoms with Crippen LogP contribution in [-0.4, -0.2) is 28.9 Å². The second kappa shape index (κ2) is 8.67. The topological polar surface area (TPSA) is 79.7 Å². The molecule has 1 fully saturated rings. The van der Waals surface area contributed by atoms with Gasteiger partial charge in [-0.25, -0.2) is 4.39 Å². The molecule has 2 aromatic carbocycles. The molecule has 1 aliphatic heterocycles. The minimum atomic E-state index is -1.06. The van der Waals surface area contributed by atoms with Gasteiger partial charge in [0.05, 0.1) is 29.0 Å². The summed E-state index contributed by atoms with van der Waals surface area (Å²) >= 11 is 5.95. The van der Waals surface area contributed by atoms with Crippen LogP contribution in [0, 0.1) is 19.7 Å². The van der Waals surface area contributed by atoms with Crippen molar-refractivity contribution in [2.75, 3.05) is 12.0 Å². The highest BCUT2D eigenvalue weighted by Crippen LogP contribution is 2.43. The predicted octanol–water partition coefficient (Wildman–Crippen LogP) is 5.13. The van der Waals surface area contributed by atoms with Gasteiger partial charge in [-0.2, -0.15) is 0 Å². The number of hydrogen-bond acceptors (Lipinski definition) is 5. The molecule has 6 nitrogen and oxygen atoms in total. The van der Waals surface area contributed by atoms with E-state index in [0.717, 1.165) is 22.1 Å². The van der Waals surface area contributed by atoms with Crippen molar-refractivity contribution in [3.05, 3.63) is 93.5 Å². The monoisotopic (exact) mass is 466 g/mol. The number of benzene rings is 2. The number of methoxy groups -OCH3 is 1. The van der Waals surface area contributed by atoms with Gasteiger partial charge >= 0.3 is 0 Å². The van der Waals surface area contributed by atoms with Crippen LogP contribution < -0.4 is 9.64 Å². The van der Waals surface area contributed by atoms with Crippen LogP contribution in [0.1, 0.15) is 28.4 Å². The lowest BCUT2D eigenvalue weighted by atomic mass is 9.95. The lowest BCUT2D eigenvalue weighted by Crippen LogP contribution is -2.29. The van der Waals surface area contributed by atoms with Crippen LogP contribution in [0.25, 0.3) is 5.76 Å². The molecular formula is C25H20ClFN2O4. The highest BCUT2D eigenvalue weighted by molar-refractivity contribution is 6.51. The average Bonchev–Trinajstić information content (AvgIpc) is 3.06. The van der Waals surface area contributed by atoms with E-state index in [1.165, 1.54) is 25.4 Å². The second-order valence-corrected chi connectivity index (χ2v) is 8.09. The molecule has 168 valence electrons. The van der Waals surface area contributed by atoms with Crippen LogP contribution in [-0.2, 0) is 9.59 Å². The molecule has 1 aromatic heterocycles. The summed E-state index contributed by atoms with van der Waals surface area (Å²) in [6, 6.07) is 11.3. The van der Waals surface area contributed by atoms with Crippen molar-refractivity contribution in [3.63, 3.8) is 0 Å². The quantitative estimate of drug-likeness (QED) is 0.328. The Hall–Kier alpha value is -3.71. The maximum Gasteiger partial charge on any atom is 0.300 e. The molecule has 1 atom stereocenters. The summed E-state index contributed by atoms with van der Waals surface area (Å²) < 4.78 is 19.3. The first-order chi connectivity index (χ1) is 15.7. The van der Waals surface area contributed by atoms with Crippen LogP contribution in [0.2, 0.25) is 5.02 Å². The van der Waals surface area contributed by atoms with Crippen LogP contribution >= 0.6 is 11.6 Å². The molecule has 0 saturated carbocycles. The number of aliphatic hydroxyl groups is 1. The zero-order valence-corrected chi connectivity index (χ0v) is 18.9. The zero-order chi connectivity index (χ0) is 23.9. The molecule has 33 heavy (non-hydrogen) atoms. The molecule has 0 spiro atoms. The van der Waals surface area contributed by atoms with E-state index in [4.69, 9.17) is 16.3 Å². The Morgan fingerprint density at radius 1 is 1.15 bits per heavy atom. The van der Waals surface area contributed by atoms with Crippen molar-refractivity contribution >= 4 is 34.7 Å². The largest absolute Gasteiger partial charge is 0.507 e.